The lowest BCUT2D eigenvalue weighted by Gasteiger charge is -2.36. The number of hydrogen-bond acceptors (Lipinski definition) is 4. The summed E-state index contributed by atoms with van der Waals surface area (Å²) in [6.07, 6.45) is -1.02. The summed E-state index contributed by atoms with van der Waals surface area (Å²) in [6, 6.07) is 11.1. The van der Waals surface area contributed by atoms with E-state index in [9.17, 15) is 18.0 Å². The van der Waals surface area contributed by atoms with Gasteiger partial charge in [0.2, 0.25) is 0 Å². The topological polar surface area (TPSA) is 70.1 Å². The second kappa shape index (κ2) is 10.1. The molecule has 2 fully saturated rings. The third-order valence-corrected chi connectivity index (χ3v) is 5.15. The lowest BCUT2D eigenvalue weighted by Crippen LogP contribution is -2.47. The van der Waals surface area contributed by atoms with Crippen LogP contribution in [0.4, 0.5) is 13.2 Å². The van der Waals surface area contributed by atoms with Crippen LogP contribution in [-0.4, -0.2) is 78.4 Å². The number of carboxylic acids is 1. The van der Waals surface area contributed by atoms with Crippen molar-refractivity contribution in [2.24, 2.45) is 0 Å². The molecule has 9 heteroatoms. The third kappa shape index (κ3) is 6.71. The minimum Gasteiger partial charge on any atom is -0.475 e. The second-order valence-electron chi connectivity index (χ2n) is 7.40. The predicted molar refractivity (Wildman–Crippen MR) is 100 cm³/mol. The number of rotatable bonds is 4. The Labute approximate surface area is 168 Å². The summed E-state index contributed by atoms with van der Waals surface area (Å²) in [5, 5.41) is 7.12. The van der Waals surface area contributed by atoms with Crippen LogP contribution >= 0.6 is 0 Å². The fourth-order valence-corrected chi connectivity index (χ4v) is 3.68. The number of carbonyl (C=O) groups is 2. The van der Waals surface area contributed by atoms with Crippen molar-refractivity contribution >= 4 is 11.9 Å². The standard InChI is InChI=1S/C18H26N2O2.C2HF3O2/c1-19(2)18(21)17-9-8-15-16(22-17)11-13-20(15)12-10-14-6-4-3-5-7-14;3-2(4,5)1(6)7/h3-7,15-17H,8-13H2,1-2H3;(H,6,7)/t15-,16-,17-;/m1./s1. The Balaban J connectivity index is 0.000000370. The van der Waals surface area contributed by atoms with E-state index in [1.54, 1.807) is 19.0 Å². The van der Waals surface area contributed by atoms with Crippen molar-refractivity contribution in [3.05, 3.63) is 35.9 Å². The molecule has 0 aliphatic carbocycles. The zero-order chi connectivity index (χ0) is 21.6. The van der Waals surface area contributed by atoms with Crippen LogP contribution in [0, 0.1) is 0 Å². The Morgan fingerprint density at radius 2 is 1.79 bits per heavy atom. The number of alkyl halides is 3. The number of aliphatic carboxylic acids is 1. The summed E-state index contributed by atoms with van der Waals surface area (Å²) < 4.78 is 37.8. The third-order valence-electron chi connectivity index (χ3n) is 5.15. The molecule has 0 unspecified atom stereocenters. The molecular formula is C20H27F3N2O4. The van der Waals surface area contributed by atoms with Gasteiger partial charge in [-0.3, -0.25) is 9.69 Å². The van der Waals surface area contributed by atoms with Crippen molar-refractivity contribution in [3.63, 3.8) is 0 Å². The maximum atomic E-state index is 12.1. The highest BCUT2D eigenvalue weighted by molar-refractivity contribution is 5.80. The fourth-order valence-electron chi connectivity index (χ4n) is 3.68. The van der Waals surface area contributed by atoms with Crippen LogP contribution in [0.2, 0.25) is 0 Å². The summed E-state index contributed by atoms with van der Waals surface area (Å²) in [6.45, 7) is 2.17. The maximum absolute atomic E-state index is 12.1. The Bertz CT molecular complexity index is 682. The Hall–Kier alpha value is -2.13. The van der Waals surface area contributed by atoms with Gasteiger partial charge in [0, 0.05) is 33.2 Å². The number of benzene rings is 1. The van der Waals surface area contributed by atoms with Crippen LogP contribution < -0.4 is 0 Å². The average molecular weight is 416 g/mol. The van der Waals surface area contributed by atoms with Gasteiger partial charge in [0.25, 0.3) is 5.91 Å². The lowest BCUT2D eigenvalue weighted by molar-refractivity contribution is -0.192. The van der Waals surface area contributed by atoms with Crippen LogP contribution in [0.1, 0.15) is 24.8 Å². The molecule has 0 bridgehead atoms. The number of amides is 1. The van der Waals surface area contributed by atoms with Gasteiger partial charge < -0.3 is 14.7 Å². The van der Waals surface area contributed by atoms with Crippen LogP contribution in [0.5, 0.6) is 0 Å². The minimum atomic E-state index is -5.08. The number of carboxylic acid groups (broad SMARTS) is 1. The molecule has 0 spiro atoms. The summed E-state index contributed by atoms with van der Waals surface area (Å²) in [5.41, 5.74) is 1.39. The van der Waals surface area contributed by atoms with E-state index in [0.29, 0.717) is 6.04 Å². The first-order valence-electron chi connectivity index (χ1n) is 9.54. The number of hydrogen-bond donors (Lipinski definition) is 1. The largest absolute Gasteiger partial charge is 0.490 e. The van der Waals surface area contributed by atoms with Gasteiger partial charge in [-0.2, -0.15) is 13.2 Å². The van der Waals surface area contributed by atoms with Gasteiger partial charge in [0.1, 0.15) is 6.10 Å². The predicted octanol–water partition coefficient (Wildman–Crippen LogP) is 2.57. The molecule has 29 heavy (non-hydrogen) atoms. The van der Waals surface area contributed by atoms with Crippen molar-refractivity contribution in [1.29, 1.82) is 0 Å². The molecule has 1 aromatic carbocycles. The second-order valence-corrected chi connectivity index (χ2v) is 7.40. The number of halogens is 3. The normalized spacial score (nSPS) is 24.2. The van der Waals surface area contributed by atoms with E-state index in [4.69, 9.17) is 14.6 Å². The van der Waals surface area contributed by atoms with Gasteiger partial charge >= 0.3 is 12.1 Å². The highest BCUT2D eigenvalue weighted by Gasteiger charge is 2.41. The van der Waals surface area contributed by atoms with E-state index in [2.05, 4.69) is 35.2 Å². The molecule has 0 aromatic heterocycles. The van der Waals surface area contributed by atoms with Crippen LogP contribution in [0.25, 0.3) is 0 Å². The molecule has 1 N–H and O–H groups in total. The Morgan fingerprint density at radius 1 is 1.17 bits per heavy atom. The molecule has 162 valence electrons. The van der Waals surface area contributed by atoms with Gasteiger partial charge in [-0.25, -0.2) is 4.79 Å². The van der Waals surface area contributed by atoms with Crippen LogP contribution in [-0.2, 0) is 20.7 Å². The molecule has 1 aromatic rings. The highest BCUT2D eigenvalue weighted by atomic mass is 19.4. The summed E-state index contributed by atoms with van der Waals surface area (Å²) in [4.78, 5) is 25.2. The van der Waals surface area contributed by atoms with Gasteiger partial charge in [0.05, 0.1) is 6.10 Å². The van der Waals surface area contributed by atoms with Crippen molar-refractivity contribution < 1.29 is 32.6 Å². The van der Waals surface area contributed by atoms with Gasteiger partial charge in [-0.1, -0.05) is 30.3 Å². The zero-order valence-electron chi connectivity index (χ0n) is 16.6. The molecule has 6 nitrogen and oxygen atoms in total. The van der Waals surface area contributed by atoms with E-state index < -0.39 is 12.1 Å². The number of likely N-dealkylation sites (N-methyl/N-ethyl adjacent to an activating group) is 1. The number of likely N-dealkylation sites (tertiary alicyclic amines) is 1. The quantitative estimate of drug-likeness (QED) is 0.817. The fraction of sp³-hybridized carbons (Fsp3) is 0.600. The molecule has 1 amide bonds. The average Bonchev–Trinajstić information content (AvgIpc) is 3.08. The van der Waals surface area contributed by atoms with E-state index >= 15 is 0 Å². The van der Waals surface area contributed by atoms with Gasteiger partial charge in [0.15, 0.2) is 0 Å². The number of ether oxygens (including phenoxy) is 1. The van der Waals surface area contributed by atoms with Crippen molar-refractivity contribution in [1.82, 2.24) is 9.80 Å². The van der Waals surface area contributed by atoms with E-state index in [1.807, 2.05) is 0 Å². The first-order valence-corrected chi connectivity index (χ1v) is 9.54. The monoisotopic (exact) mass is 416 g/mol. The first kappa shape index (κ1) is 23.2. The zero-order valence-corrected chi connectivity index (χ0v) is 16.6. The lowest BCUT2D eigenvalue weighted by atomic mass is 9.98. The van der Waals surface area contributed by atoms with Gasteiger partial charge in [-0.15, -0.1) is 0 Å². The minimum absolute atomic E-state index is 0.112. The molecule has 2 aliphatic rings. The molecule has 2 aliphatic heterocycles. The molecular weight excluding hydrogens is 389 g/mol. The highest BCUT2D eigenvalue weighted by Crippen LogP contribution is 2.32. The number of carbonyl (C=O) groups excluding carboxylic acids is 1. The van der Waals surface area contributed by atoms with Crippen molar-refractivity contribution in [2.45, 2.75) is 50.1 Å². The Kier molecular flexibility index (Phi) is 8.04. The van der Waals surface area contributed by atoms with Crippen molar-refractivity contribution in [3.8, 4) is 0 Å². The summed E-state index contributed by atoms with van der Waals surface area (Å²) in [5.74, 6) is -2.64. The first-order chi connectivity index (χ1) is 13.6. The molecule has 3 atom stereocenters. The summed E-state index contributed by atoms with van der Waals surface area (Å²) >= 11 is 0. The van der Waals surface area contributed by atoms with E-state index in [-0.39, 0.29) is 18.1 Å². The van der Waals surface area contributed by atoms with Crippen molar-refractivity contribution in [2.75, 3.05) is 27.2 Å². The van der Waals surface area contributed by atoms with Crippen LogP contribution in [0.15, 0.2) is 30.3 Å². The van der Waals surface area contributed by atoms with Gasteiger partial charge in [-0.05, 0) is 31.2 Å². The number of nitrogens with zero attached hydrogens (tertiary/aromatic N) is 2. The molecule has 0 saturated carbocycles. The molecule has 3 rings (SSSR count). The SMILES string of the molecule is CN(C)C(=O)[C@H]1CC[C@@H]2[C@@H](CCN2CCc2ccccc2)O1.O=C(O)C(F)(F)F. The molecule has 0 radical (unpaired) electrons. The van der Waals surface area contributed by atoms with Crippen LogP contribution in [0.3, 0.4) is 0 Å². The van der Waals surface area contributed by atoms with E-state index in [0.717, 1.165) is 38.8 Å². The van der Waals surface area contributed by atoms with E-state index in [1.165, 1.54) is 5.56 Å². The smallest absolute Gasteiger partial charge is 0.475 e. The number of fused-ring (bicyclic) bond motifs is 1. The molecule has 2 heterocycles. The maximum Gasteiger partial charge on any atom is 0.490 e. The summed E-state index contributed by atoms with van der Waals surface area (Å²) in [7, 11) is 3.61. The molecule has 2 saturated heterocycles. The Morgan fingerprint density at radius 3 is 2.34 bits per heavy atom.